The fourth-order valence-electron chi connectivity index (χ4n) is 2.75. The number of phenolic OH excluding ortho intramolecular Hbond substituents is 1. The van der Waals surface area contributed by atoms with Crippen molar-refractivity contribution in [3.05, 3.63) is 18.5 Å². The Kier molecular flexibility index (Phi) is 4.49. The van der Waals surface area contributed by atoms with E-state index in [4.69, 9.17) is 4.74 Å². The van der Waals surface area contributed by atoms with Crippen LogP contribution in [0.15, 0.2) is 18.5 Å². The van der Waals surface area contributed by atoms with Crippen molar-refractivity contribution < 1.29 is 18.3 Å². The highest BCUT2D eigenvalue weighted by Gasteiger charge is 2.20. The molecule has 23 heavy (non-hydrogen) atoms. The van der Waals surface area contributed by atoms with Gasteiger partial charge in [-0.25, -0.2) is 22.7 Å². The van der Waals surface area contributed by atoms with Gasteiger partial charge in [-0.05, 0) is 12.5 Å². The van der Waals surface area contributed by atoms with E-state index in [1.807, 2.05) is 4.90 Å². The molecule has 9 heteroatoms. The van der Waals surface area contributed by atoms with Crippen LogP contribution >= 0.6 is 0 Å². The third-order valence-corrected chi connectivity index (χ3v) is 4.78. The third kappa shape index (κ3) is 3.15. The number of anilines is 1. The Labute approximate surface area is 135 Å². The minimum atomic E-state index is -2.55. The van der Waals surface area contributed by atoms with E-state index in [9.17, 15) is 13.5 Å². The maximum atomic E-state index is 11.2. The summed E-state index contributed by atoms with van der Waals surface area (Å²) in [6.07, 6.45) is 2.17. The predicted octanol–water partition coefficient (Wildman–Crippen LogP) is 0.382. The summed E-state index contributed by atoms with van der Waals surface area (Å²) < 4.78 is 28.9. The quantitative estimate of drug-likeness (QED) is 0.781. The zero-order valence-electron chi connectivity index (χ0n) is 12.7. The standard InChI is InChI=1S/C14H18N4O4S/c1-22-13-7-10-11(8-12(13)19)15-9-16-14(10)17-3-2-4-18(6-5-17)23(20)21/h7-9,19,23H,2-6H2,1H3. The minimum absolute atomic E-state index is 0.0232. The first-order valence-corrected chi connectivity index (χ1v) is 8.39. The van der Waals surface area contributed by atoms with E-state index in [1.165, 1.54) is 23.8 Å². The average Bonchev–Trinajstić information content (AvgIpc) is 2.79. The molecular weight excluding hydrogens is 320 g/mol. The molecule has 0 atom stereocenters. The number of rotatable bonds is 3. The van der Waals surface area contributed by atoms with Crippen LogP contribution in [0.25, 0.3) is 10.9 Å². The third-order valence-electron chi connectivity index (χ3n) is 3.92. The molecule has 2 aromatic rings. The second-order valence-electron chi connectivity index (χ2n) is 5.27. The molecule has 0 radical (unpaired) electrons. The molecule has 1 aromatic heterocycles. The lowest BCUT2D eigenvalue weighted by Gasteiger charge is -2.22. The van der Waals surface area contributed by atoms with Gasteiger partial charge in [-0.15, -0.1) is 0 Å². The number of ether oxygens (including phenoxy) is 1. The van der Waals surface area contributed by atoms with Gasteiger partial charge in [0.15, 0.2) is 11.5 Å². The smallest absolute Gasteiger partial charge is 0.203 e. The van der Waals surface area contributed by atoms with Gasteiger partial charge in [0.2, 0.25) is 10.9 Å². The van der Waals surface area contributed by atoms with Crippen molar-refractivity contribution in [3.63, 3.8) is 0 Å². The monoisotopic (exact) mass is 338 g/mol. The second-order valence-corrected chi connectivity index (χ2v) is 6.31. The topological polar surface area (TPSA) is 95.9 Å². The fraction of sp³-hybridized carbons (Fsp3) is 0.429. The highest BCUT2D eigenvalue weighted by molar-refractivity contribution is 7.69. The van der Waals surface area contributed by atoms with Gasteiger partial charge in [0.25, 0.3) is 0 Å². The molecule has 0 amide bonds. The van der Waals surface area contributed by atoms with Gasteiger partial charge in [0.1, 0.15) is 12.1 Å². The summed E-state index contributed by atoms with van der Waals surface area (Å²) in [7, 11) is -1.06. The van der Waals surface area contributed by atoms with Crippen LogP contribution in [0.3, 0.4) is 0 Å². The highest BCUT2D eigenvalue weighted by atomic mass is 32.2. The van der Waals surface area contributed by atoms with E-state index in [2.05, 4.69) is 9.97 Å². The summed E-state index contributed by atoms with van der Waals surface area (Å²) in [5, 5.41) is 10.6. The van der Waals surface area contributed by atoms with E-state index in [0.29, 0.717) is 37.4 Å². The Bertz CT molecular complexity index is 788. The van der Waals surface area contributed by atoms with Crippen LogP contribution in [0, 0.1) is 0 Å². The van der Waals surface area contributed by atoms with E-state index >= 15 is 0 Å². The van der Waals surface area contributed by atoms with Gasteiger partial charge >= 0.3 is 0 Å². The summed E-state index contributed by atoms with van der Waals surface area (Å²) in [4.78, 5) is 10.6. The van der Waals surface area contributed by atoms with E-state index in [1.54, 1.807) is 6.07 Å². The Morgan fingerprint density at radius 2 is 2.00 bits per heavy atom. The van der Waals surface area contributed by atoms with Crippen molar-refractivity contribution in [2.45, 2.75) is 6.42 Å². The lowest BCUT2D eigenvalue weighted by molar-refractivity contribution is 0.374. The zero-order chi connectivity index (χ0) is 16.4. The number of phenols is 1. The van der Waals surface area contributed by atoms with Crippen molar-refractivity contribution in [2.75, 3.05) is 38.2 Å². The molecule has 0 bridgehead atoms. The molecule has 0 aliphatic carbocycles. The van der Waals surface area contributed by atoms with Gasteiger partial charge in [0.05, 0.1) is 12.6 Å². The lowest BCUT2D eigenvalue weighted by Crippen LogP contribution is -2.30. The van der Waals surface area contributed by atoms with Crippen LogP contribution in [-0.2, 0) is 10.9 Å². The Morgan fingerprint density at radius 3 is 2.74 bits per heavy atom. The van der Waals surface area contributed by atoms with Gasteiger partial charge in [-0.2, -0.15) is 0 Å². The molecule has 0 saturated carbocycles. The number of fused-ring (bicyclic) bond motifs is 1. The molecule has 3 rings (SSSR count). The van der Waals surface area contributed by atoms with Gasteiger partial charge in [-0.1, -0.05) is 0 Å². The van der Waals surface area contributed by atoms with Crippen LogP contribution in [0.4, 0.5) is 5.82 Å². The molecule has 2 heterocycles. The summed E-state index contributed by atoms with van der Waals surface area (Å²) in [6.45, 7) is 2.20. The van der Waals surface area contributed by atoms with Crippen LogP contribution in [0.5, 0.6) is 11.5 Å². The molecule has 1 aromatic carbocycles. The molecule has 8 nitrogen and oxygen atoms in total. The number of nitrogens with zero attached hydrogens (tertiary/aromatic N) is 4. The number of aromatic nitrogens is 2. The largest absolute Gasteiger partial charge is 0.504 e. The number of aromatic hydroxyl groups is 1. The number of methoxy groups -OCH3 is 1. The second kappa shape index (κ2) is 6.55. The summed E-state index contributed by atoms with van der Waals surface area (Å²) in [5.74, 6) is 1.10. The molecule has 1 aliphatic rings. The maximum Gasteiger partial charge on any atom is 0.203 e. The van der Waals surface area contributed by atoms with Crippen LogP contribution in [0.2, 0.25) is 0 Å². The zero-order valence-corrected chi connectivity index (χ0v) is 13.6. The molecule has 0 unspecified atom stereocenters. The predicted molar refractivity (Wildman–Crippen MR) is 86.5 cm³/mol. The van der Waals surface area contributed by atoms with Crippen molar-refractivity contribution in [1.82, 2.24) is 14.3 Å². The van der Waals surface area contributed by atoms with Gasteiger partial charge in [-0.3, -0.25) is 0 Å². The van der Waals surface area contributed by atoms with E-state index in [0.717, 1.165) is 17.6 Å². The molecule has 1 saturated heterocycles. The fourth-order valence-corrected chi connectivity index (χ4v) is 3.31. The first-order chi connectivity index (χ1) is 11.1. The Balaban J connectivity index is 1.99. The van der Waals surface area contributed by atoms with Crippen molar-refractivity contribution in [3.8, 4) is 11.5 Å². The first kappa shape index (κ1) is 15.8. The number of benzene rings is 1. The maximum absolute atomic E-state index is 11.2. The van der Waals surface area contributed by atoms with Crippen LogP contribution in [-0.4, -0.2) is 61.1 Å². The van der Waals surface area contributed by atoms with Crippen LogP contribution in [0.1, 0.15) is 6.42 Å². The number of thiol groups is 1. The summed E-state index contributed by atoms with van der Waals surface area (Å²) in [6, 6.07) is 3.24. The first-order valence-electron chi connectivity index (χ1n) is 7.26. The van der Waals surface area contributed by atoms with Crippen molar-refractivity contribution in [1.29, 1.82) is 0 Å². The Morgan fingerprint density at radius 1 is 1.17 bits per heavy atom. The minimum Gasteiger partial charge on any atom is -0.504 e. The molecule has 1 N–H and O–H groups in total. The molecule has 0 spiro atoms. The van der Waals surface area contributed by atoms with Gasteiger partial charge < -0.3 is 14.7 Å². The van der Waals surface area contributed by atoms with Crippen molar-refractivity contribution >= 4 is 27.6 Å². The van der Waals surface area contributed by atoms with Gasteiger partial charge in [0, 0.05) is 37.6 Å². The number of hydrogen-bond acceptors (Lipinski definition) is 7. The van der Waals surface area contributed by atoms with Crippen LogP contribution < -0.4 is 9.64 Å². The van der Waals surface area contributed by atoms with Crippen molar-refractivity contribution in [2.24, 2.45) is 0 Å². The molecule has 1 aliphatic heterocycles. The Hall–Kier alpha value is -2.13. The average molecular weight is 338 g/mol. The molecular formula is C14H18N4O4S. The molecule has 124 valence electrons. The normalized spacial score (nSPS) is 16.7. The SMILES string of the molecule is COc1cc2c(N3CCCN([SH](=O)=O)CC3)ncnc2cc1O. The molecule has 1 fully saturated rings. The summed E-state index contributed by atoms with van der Waals surface area (Å²) in [5.41, 5.74) is 0.615. The summed E-state index contributed by atoms with van der Waals surface area (Å²) >= 11 is 0. The lowest BCUT2D eigenvalue weighted by atomic mass is 10.2. The van der Waals surface area contributed by atoms with E-state index < -0.39 is 10.9 Å². The van der Waals surface area contributed by atoms with E-state index in [-0.39, 0.29) is 5.75 Å². The number of hydrogen-bond donors (Lipinski definition) is 2. The highest BCUT2D eigenvalue weighted by Crippen LogP contribution is 2.34.